The molecular formula is C18H15NO3. The first-order chi connectivity index (χ1) is 10.7. The van der Waals surface area contributed by atoms with E-state index in [0.29, 0.717) is 16.9 Å². The molecule has 0 amide bonds. The summed E-state index contributed by atoms with van der Waals surface area (Å²) in [6.07, 6.45) is 2.98. The number of hydrogen-bond donors (Lipinski definition) is 0. The normalized spacial score (nSPS) is 10.2. The number of carbonyl (C=O) groups is 1. The number of nitrogens with zero attached hydrogens (tertiary/aromatic N) is 1. The lowest BCUT2D eigenvalue weighted by Gasteiger charge is -2.05. The number of benzene rings is 2. The van der Waals surface area contributed by atoms with Crippen molar-refractivity contribution < 1.29 is 14.3 Å². The van der Waals surface area contributed by atoms with Gasteiger partial charge < -0.3 is 9.47 Å². The number of methoxy groups -OCH3 is 1. The number of para-hydroxylation sites is 1. The highest BCUT2D eigenvalue weighted by Crippen LogP contribution is 2.18. The molecule has 4 heteroatoms. The lowest BCUT2D eigenvalue weighted by atomic mass is 10.1. The highest BCUT2D eigenvalue weighted by molar-refractivity contribution is 5.87. The maximum absolute atomic E-state index is 11.8. The fourth-order valence-corrected chi connectivity index (χ4v) is 1.91. The Morgan fingerprint density at radius 3 is 2.68 bits per heavy atom. The molecule has 0 fully saturated rings. The molecule has 0 saturated carbocycles. The lowest BCUT2D eigenvalue weighted by Crippen LogP contribution is -2.02. The van der Waals surface area contributed by atoms with Crippen molar-refractivity contribution in [3.63, 3.8) is 0 Å². The Hall–Kier alpha value is -3.06. The summed E-state index contributed by atoms with van der Waals surface area (Å²) in [5, 5.41) is 8.98. The Bertz CT molecular complexity index is 729. The summed E-state index contributed by atoms with van der Waals surface area (Å²) in [5.74, 6) is 0.208. The van der Waals surface area contributed by atoms with Crippen molar-refractivity contribution in [2.45, 2.75) is 6.61 Å². The van der Waals surface area contributed by atoms with Crippen molar-refractivity contribution in [1.29, 1.82) is 5.26 Å². The van der Waals surface area contributed by atoms with E-state index >= 15 is 0 Å². The number of esters is 1. The standard InChI is InChI=1S/C18H15NO3/c1-21-17-9-5-4-6-14(17)10-11-18(20)22-13-16-8-3-2-7-15(16)12-19/h2-11H,13H2,1H3/b11-10+. The zero-order valence-electron chi connectivity index (χ0n) is 12.2. The van der Waals surface area contributed by atoms with Gasteiger partial charge in [0, 0.05) is 17.2 Å². The Balaban J connectivity index is 1.99. The zero-order valence-corrected chi connectivity index (χ0v) is 12.2. The summed E-state index contributed by atoms with van der Waals surface area (Å²) in [6.45, 7) is 0.0683. The fraction of sp³-hybridized carbons (Fsp3) is 0.111. The van der Waals surface area contributed by atoms with Crippen LogP contribution in [0, 0.1) is 11.3 Å². The first-order valence-corrected chi connectivity index (χ1v) is 6.70. The molecule has 0 atom stereocenters. The van der Waals surface area contributed by atoms with Crippen molar-refractivity contribution in [2.24, 2.45) is 0 Å². The van der Waals surface area contributed by atoms with Gasteiger partial charge in [-0.1, -0.05) is 36.4 Å². The van der Waals surface area contributed by atoms with Gasteiger partial charge in [0.15, 0.2) is 0 Å². The molecule has 0 spiro atoms. The predicted molar refractivity (Wildman–Crippen MR) is 83.0 cm³/mol. The van der Waals surface area contributed by atoms with E-state index in [0.717, 1.165) is 5.56 Å². The molecule has 0 bridgehead atoms. The molecule has 2 rings (SSSR count). The predicted octanol–water partition coefficient (Wildman–Crippen LogP) is 3.32. The zero-order chi connectivity index (χ0) is 15.8. The summed E-state index contributed by atoms with van der Waals surface area (Å²) < 4.78 is 10.3. The summed E-state index contributed by atoms with van der Waals surface area (Å²) >= 11 is 0. The minimum atomic E-state index is -0.473. The number of hydrogen-bond acceptors (Lipinski definition) is 4. The number of carbonyl (C=O) groups excluding carboxylic acids is 1. The molecule has 0 aliphatic carbocycles. The SMILES string of the molecule is COc1ccccc1/C=C/C(=O)OCc1ccccc1C#N. The van der Waals surface area contributed by atoms with Gasteiger partial charge in [0.1, 0.15) is 12.4 Å². The van der Waals surface area contributed by atoms with Crippen molar-refractivity contribution in [2.75, 3.05) is 7.11 Å². The number of ether oxygens (including phenoxy) is 2. The van der Waals surface area contributed by atoms with Gasteiger partial charge >= 0.3 is 5.97 Å². The minimum Gasteiger partial charge on any atom is -0.496 e. The molecule has 0 radical (unpaired) electrons. The van der Waals surface area contributed by atoms with Gasteiger partial charge in [0.2, 0.25) is 0 Å². The monoisotopic (exact) mass is 293 g/mol. The first-order valence-electron chi connectivity index (χ1n) is 6.70. The second-order valence-electron chi connectivity index (χ2n) is 4.45. The molecule has 0 aliphatic heterocycles. The Kier molecular flexibility index (Phi) is 5.33. The van der Waals surface area contributed by atoms with Gasteiger partial charge in [-0.05, 0) is 18.2 Å². The second-order valence-corrected chi connectivity index (χ2v) is 4.45. The van der Waals surface area contributed by atoms with E-state index in [9.17, 15) is 4.79 Å². The first kappa shape index (κ1) is 15.3. The molecule has 2 aromatic rings. The third-order valence-electron chi connectivity index (χ3n) is 3.05. The average Bonchev–Trinajstić information content (AvgIpc) is 2.58. The van der Waals surface area contributed by atoms with Crippen LogP contribution >= 0.6 is 0 Å². The molecule has 0 aliphatic rings. The molecule has 4 nitrogen and oxygen atoms in total. The van der Waals surface area contributed by atoms with Crippen LogP contribution in [-0.4, -0.2) is 13.1 Å². The maximum Gasteiger partial charge on any atom is 0.331 e. The van der Waals surface area contributed by atoms with Crippen molar-refractivity contribution in [1.82, 2.24) is 0 Å². The van der Waals surface area contributed by atoms with E-state index in [-0.39, 0.29) is 6.61 Å². The highest BCUT2D eigenvalue weighted by atomic mass is 16.5. The average molecular weight is 293 g/mol. The number of nitriles is 1. The largest absolute Gasteiger partial charge is 0.496 e. The van der Waals surface area contributed by atoms with Crippen LogP contribution in [0.4, 0.5) is 0 Å². The smallest absolute Gasteiger partial charge is 0.331 e. The molecule has 22 heavy (non-hydrogen) atoms. The van der Waals surface area contributed by atoms with Crippen LogP contribution in [0.15, 0.2) is 54.6 Å². The molecule has 0 heterocycles. The van der Waals surface area contributed by atoms with Crippen LogP contribution in [0.5, 0.6) is 5.75 Å². The van der Waals surface area contributed by atoms with Gasteiger partial charge in [-0.15, -0.1) is 0 Å². The van der Waals surface area contributed by atoms with Gasteiger partial charge in [-0.2, -0.15) is 5.26 Å². The van der Waals surface area contributed by atoms with Gasteiger partial charge in [0.05, 0.1) is 18.7 Å². The summed E-state index contributed by atoms with van der Waals surface area (Å²) in [7, 11) is 1.57. The summed E-state index contributed by atoms with van der Waals surface area (Å²) in [5.41, 5.74) is 1.98. The third-order valence-corrected chi connectivity index (χ3v) is 3.05. The van der Waals surface area contributed by atoms with Crippen molar-refractivity contribution in [3.05, 3.63) is 71.3 Å². The maximum atomic E-state index is 11.8. The summed E-state index contributed by atoms with van der Waals surface area (Å²) in [4.78, 5) is 11.8. The molecule has 0 unspecified atom stereocenters. The minimum absolute atomic E-state index is 0.0683. The highest BCUT2D eigenvalue weighted by Gasteiger charge is 2.04. The fourth-order valence-electron chi connectivity index (χ4n) is 1.91. The Morgan fingerprint density at radius 2 is 1.91 bits per heavy atom. The van der Waals surface area contributed by atoms with Gasteiger partial charge in [-0.3, -0.25) is 0 Å². The number of rotatable bonds is 5. The summed E-state index contributed by atoms with van der Waals surface area (Å²) in [6, 6.07) is 16.5. The van der Waals surface area contributed by atoms with E-state index in [1.807, 2.05) is 24.3 Å². The van der Waals surface area contributed by atoms with E-state index in [4.69, 9.17) is 14.7 Å². The molecule has 0 aromatic heterocycles. The van der Waals surface area contributed by atoms with Crippen LogP contribution in [0.3, 0.4) is 0 Å². The van der Waals surface area contributed by atoms with Crippen LogP contribution in [0.2, 0.25) is 0 Å². The van der Waals surface area contributed by atoms with Crippen LogP contribution in [0.1, 0.15) is 16.7 Å². The van der Waals surface area contributed by atoms with E-state index < -0.39 is 5.97 Å². The topological polar surface area (TPSA) is 59.3 Å². The molecule has 2 aromatic carbocycles. The lowest BCUT2D eigenvalue weighted by molar-refractivity contribution is -0.138. The Labute approximate surface area is 129 Å². The molecule has 110 valence electrons. The van der Waals surface area contributed by atoms with Crippen LogP contribution < -0.4 is 4.74 Å². The van der Waals surface area contributed by atoms with E-state index in [2.05, 4.69) is 6.07 Å². The quantitative estimate of drug-likeness (QED) is 0.626. The Morgan fingerprint density at radius 1 is 1.18 bits per heavy atom. The van der Waals surface area contributed by atoms with Crippen molar-refractivity contribution in [3.8, 4) is 11.8 Å². The van der Waals surface area contributed by atoms with Crippen LogP contribution in [0.25, 0.3) is 6.08 Å². The van der Waals surface area contributed by atoms with E-state index in [1.54, 1.807) is 37.5 Å². The molecule has 0 N–H and O–H groups in total. The van der Waals surface area contributed by atoms with Gasteiger partial charge in [0.25, 0.3) is 0 Å². The second kappa shape index (κ2) is 7.65. The molecular weight excluding hydrogens is 278 g/mol. The van der Waals surface area contributed by atoms with Crippen molar-refractivity contribution >= 4 is 12.0 Å². The van der Waals surface area contributed by atoms with E-state index in [1.165, 1.54) is 6.08 Å². The third kappa shape index (κ3) is 3.97. The van der Waals surface area contributed by atoms with Crippen LogP contribution in [-0.2, 0) is 16.1 Å². The molecule has 0 saturated heterocycles. The van der Waals surface area contributed by atoms with Gasteiger partial charge in [-0.25, -0.2) is 4.79 Å².